The second kappa shape index (κ2) is 3.47. The summed E-state index contributed by atoms with van der Waals surface area (Å²) in [7, 11) is 0. The van der Waals surface area contributed by atoms with Crippen molar-refractivity contribution in [2.75, 3.05) is 13.1 Å². The van der Waals surface area contributed by atoms with E-state index in [1.54, 1.807) is 6.20 Å². The minimum absolute atomic E-state index is 0. The molecule has 0 bridgehead atoms. The lowest BCUT2D eigenvalue weighted by molar-refractivity contribution is 0.00147. The molecule has 0 saturated carbocycles. The Labute approximate surface area is 93.4 Å². The molecule has 15 heavy (non-hydrogen) atoms. The Hall–Kier alpha value is -1.13. The van der Waals surface area contributed by atoms with Gasteiger partial charge >= 0.3 is 5.97 Å². The van der Waals surface area contributed by atoms with Gasteiger partial charge in [-0.05, 0) is 12.6 Å². The van der Waals surface area contributed by atoms with Crippen LogP contribution in [0.15, 0.2) is 18.3 Å². The maximum absolute atomic E-state index is 11.5. The summed E-state index contributed by atoms with van der Waals surface area (Å²) < 4.78 is 5.42. The fraction of sp³-hybridized carbons (Fsp3) is 0.400. The lowest BCUT2D eigenvalue weighted by Gasteiger charge is -2.21. The van der Waals surface area contributed by atoms with Gasteiger partial charge in [0, 0.05) is 24.7 Å². The van der Waals surface area contributed by atoms with Crippen molar-refractivity contribution < 1.29 is 9.53 Å². The number of esters is 1. The molecule has 1 saturated heterocycles. The van der Waals surface area contributed by atoms with Crippen LogP contribution in [0.5, 0.6) is 0 Å². The van der Waals surface area contributed by atoms with Crippen molar-refractivity contribution in [1.29, 1.82) is 0 Å². The Balaban J connectivity index is 0.000000853. The molecule has 0 aromatic carbocycles. The predicted octanol–water partition coefficient (Wildman–Crippen LogP) is 0.862. The van der Waals surface area contributed by atoms with E-state index in [1.165, 1.54) is 0 Å². The summed E-state index contributed by atoms with van der Waals surface area (Å²) in [6, 6.07) is 3.78. The Kier molecular flexibility index (Phi) is 2.40. The van der Waals surface area contributed by atoms with Gasteiger partial charge in [0.2, 0.25) is 0 Å². The number of hydrogen-bond acceptors (Lipinski definition) is 4. The number of carbonyl (C=O) groups excluding carboxylic acids is 1. The number of rotatable bonds is 0. The van der Waals surface area contributed by atoms with Crippen molar-refractivity contribution in [2.24, 2.45) is 0 Å². The van der Waals surface area contributed by atoms with Crippen LogP contribution in [0.1, 0.15) is 22.5 Å². The number of fused-ring (bicyclic) bond motifs is 2. The van der Waals surface area contributed by atoms with E-state index < -0.39 is 5.60 Å². The van der Waals surface area contributed by atoms with E-state index in [-0.39, 0.29) is 18.4 Å². The van der Waals surface area contributed by atoms with Gasteiger partial charge in [0.15, 0.2) is 11.3 Å². The van der Waals surface area contributed by atoms with Gasteiger partial charge < -0.3 is 10.1 Å². The number of nitrogens with zero attached hydrogens (tertiary/aromatic N) is 1. The van der Waals surface area contributed by atoms with Crippen molar-refractivity contribution in [3.05, 3.63) is 29.6 Å². The van der Waals surface area contributed by atoms with Crippen LogP contribution < -0.4 is 5.32 Å². The molecule has 0 amide bonds. The SMILES string of the molecule is Cl.O=C1OC2(CCNC2)c2cccnc21. The van der Waals surface area contributed by atoms with E-state index in [2.05, 4.69) is 10.3 Å². The molecular formula is C10H11ClN2O2. The molecule has 1 aromatic rings. The number of halogens is 1. The first-order valence-electron chi connectivity index (χ1n) is 4.71. The summed E-state index contributed by atoms with van der Waals surface area (Å²) in [5, 5.41) is 3.21. The van der Waals surface area contributed by atoms with Crippen LogP contribution in [-0.4, -0.2) is 24.0 Å². The molecule has 80 valence electrons. The fourth-order valence-corrected chi connectivity index (χ4v) is 2.20. The van der Waals surface area contributed by atoms with Crippen molar-refractivity contribution in [2.45, 2.75) is 12.0 Å². The lowest BCUT2D eigenvalue weighted by Crippen LogP contribution is -2.28. The highest BCUT2D eigenvalue weighted by Crippen LogP contribution is 2.39. The first-order valence-corrected chi connectivity index (χ1v) is 4.71. The van der Waals surface area contributed by atoms with Gasteiger partial charge in [-0.25, -0.2) is 9.78 Å². The molecule has 0 radical (unpaired) electrons. The largest absolute Gasteiger partial charge is 0.448 e. The summed E-state index contributed by atoms with van der Waals surface area (Å²) in [5.41, 5.74) is 0.993. The van der Waals surface area contributed by atoms with E-state index in [1.807, 2.05) is 12.1 Å². The summed E-state index contributed by atoms with van der Waals surface area (Å²) in [6.45, 7) is 1.60. The maximum atomic E-state index is 11.5. The molecule has 1 aromatic heterocycles. The molecule has 4 nitrogen and oxygen atoms in total. The van der Waals surface area contributed by atoms with Gasteiger partial charge in [-0.15, -0.1) is 12.4 Å². The monoisotopic (exact) mass is 226 g/mol. The van der Waals surface area contributed by atoms with Crippen molar-refractivity contribution in [1.82, 2.24) is 10.3 Å². The number of ether oxygens (including phenoxy) is 1. The second-order valence-corrected chi connectivity index (χ2v) is 3.71. The van der Waals surface area contributed by atoms with Crippen molar-refractivity contribution in [3.8, 4) is 0 Å². The van der Waals surface area contributed by atoms with Crippen LogP contribution in [-0.2, 0) is 10.3 Å². The van der Waals surface area contributed by atoms with E-state index in [9.17, 15) is 4.79 Å². The van der Waals surface area contributed by atoms with E-state index in [4.69, 9.17) is 4.74 Å². The minimum Gasteiger partial charge on any atom is -0.448 e. The number of hydrogen-bond donors (Lipinski definition) is 1. The van der Waals surface area contributed by atoms with Crippen LogP contribution in [0.25, 0.3) is 0 Å². The van der Waals surface area contributed by atoms with Crippen LogP contribution >= 0.6 is 12.4 Å². The first-order chi connectivity index (χ1) is 6.82. The van der Waals surface area contributed by atoms with Gasteiger partial charge in [0.1, 0.15) is 0 Å². The van der Waals surface area contributed by atoms with Crippen LogP contribution in [0, 0.1) is 0 Å². The zero-order chi connectivity index (χ0) is 9.60. The highest BCUT2D eigenvalue weighted by molar-refractivity contribution is 5.92. The summed E-state index contributed by atoms with van der Waals surface area (Å²) >= 11 is 0. The third-order valence-corrected chi connectivity index (χ3v) is 2.90. The molecule has 0 aliphatic carbocycles. The van der Waals surface area contributed by atoms with Crippen LogP contribution in [0.2, 0.25) is 0 Å². The van der Waals surface area contributed by atoms with Gasteiger partial charge in [-0.1, -0.05) is 6.07 Å². The average molecular weight is 227 g/mol. The Morgan fingerprint density at radius 2 is 2.40 bits per heavy atom. The smallest absolute Gasteiger partial charge is 0.358 e. The Bertz CT molecular complexity index is 402. The standard InChI is InChI=1S/C10H10N2O2.ClH/c13-9-8-7(2-1-4-12-8)10(14-9)3-5-11-6-10;/h1-2,4,11H,3,5-6H2;1H. The maximum Gasteiger partial charge on any atom is 0.358 e. The van der Waals surface area contributed by atoms with Crippen LogP contribution in [0.3, 0.4) is 0 Å². The molecule has 1 spiro atoms. The number of carbonyl (C=O) groups is 1. The highest BCUT2D eigenvalue weighted by atomic mass is 35.5. The molecule has 2 aliphatic heterocycles. The zero-order valence-corrected chi connectivity index (χ0v) is 8.84. The molecule has 1 atom stereocenters. The first kappa shape index (κ1) is 10.4. The molecular weight excluding hydrogens is 216 g/mol. The third-order valence-electron chi connectivity index (χ3n) is 2.90. The Morgan fingerprint density at radius 3 is 3.13 bits per heavy atom. The molecule has 3 rings (SSSR count). The highest BCUT2D eigenvalue weighted by Gasteiger charge is 2.48. The topological polar surface area (TPSA) is 51.2 Å². The second-order valence-electron chi connectivity index (χ2n) is 3.71. The third kappa shape index (κ3) is 1.33. The van der Waals surface area contributed by atoms with Crippen molar-refractivity contribution >= 4 is 18.4 Å². The molecule has 1 N–H and O–H groups in total. The minimum atomic E-state index is -0.430. The number of aromatic nitrogens is 1. The van der Waals surface area contributed by atoms with Crippen LogP contribution in [0.4, 0.5) is 0 Å². The van der Waals surface area contributed by atoms with E-state index >= 15 is 0 Å². The normalized spacial score (nSPS) is 27.3. The number of pyridine rings is 1. The van der Waals surface area contributed by atoms with E-state index in [0.717, 1.165) is 18.5 Å². The van der Waals surface area contributed by atoms with Gasteiger partial charge in [0.25, 0.3) is 0 Å². The van der Waals surface area contributed by atoms with Gasteiger partial charge in [-0.2, -0.15) is 0 Å². The quantitative estimate of drug-likeness (QED) is 0.667. The molecule has 1 unspecified atom stereocenters. The van der Waals surface area contributed by atoms with Gasteiger partial charge in [0.05, 0.1) is 0 Å². The van der Waals surface area contributed by atoms with Gasteiger partial charge in [-0.3, -0.25) is 0 Å². The fourth-order valence-electron chi connectivity index (χ4n) is 2.20. The molecule has 3 heterocycles. The molecule has 2 aliphatic rings. The lowest BCUT2D eigenvalue weighted by atomic mass is 9.94. The predicted molar refractivity (Wildman–Crippen MR) is 56.1 cm³/mol. The van der Waals surface area contributed by atoms with Crippen molar-refractivity contribution in [3.63, 3.8) is 0 Å². The number of nitrogens with one attached hydrogen (secondary N) is 1. The molecule has 1 fully saturated rings. The summed E-state index contributed by atoms with van der Waals surface area (Å²) in [4.78, 5) is 15.6. The average Bonchev–Trinajstić information content (AvgIpc) is 2.77. The van der Waals surface area contributed by atoms with E-state index in [0.29, 0.717) is 12.2 Å². The Morgan fingerprint density at radius 1 is 1.53 bits per heavy atom. The summed E-state index contributed by atoms with van der Waals surface area (Å²) in [6.07, 6.45) is 2.47. The summed E-state index contributed by atoms with van der Waals surface area (Å²) in [5.74, 6) is -0.288. The zero-order valence-electron chi connectivity index (χ0n) is 8.03. The molecule has 5 heteroatoms.